The second kappa shape index (κ2) is 7.22. The molecule has 1 atom stereocenters. The number of benzene rings is 2. The molecule has 0 aliphatic rings. The molecule has 0 saturated carbocycles. The quantitative estimate of drug-likeness (QED) is 0.735. The lowest BCUT2D eigenvalue weighted by atomic mass is 10.1. The van der Waals surface area contributed by atoms with Gasteiger partial charge in [0.05, 0.1) is 0 Å². The van der Waals surface area contributed by atoms with E-state index in [1.54, 1.807) is 12.1 Å². The molecule has 3 nitrogen and oxygen atoms in total. The average Bonchev–Trinajstić information content (AvgIpc) is 3.05. The molecule has 0 radical (unpaired) electrons. The van der Waals surface area contributed by atoms with Crippen LogP contribution in [0.5, 0.6) is 0 Å². The third-order valence-electron chi connectivity index (χ3n) is 3.71. The van der Waals surface area contributed by atoms with E-state index in [0.29, 0.717) is 13.1 Å². The number of hydrogen-bond donors (Lipinski definition) is 2. The molecule has 0 aliphatic heterocycles. The van der Waals surface area contributed by atoms with Crippen LogP contribution in [0.25, 0.3) is 11.3 Å². The summed E-state index contributed by atoms with van der Waals surface area (Å²) < 4.78 is 18.7. The van der Waals surface area contributed by atoms with Crippen LogP contribution in [0.15, 0.2) is 71.1 Å². The molecule has 3 rings (SSSR count). The Labute approximate surface area is 134 Å². The van der Waals surface area contributed by atoms with E-state index in [9.17, 15) is 9.50 Å². The fourth-order valence-electron chi connectivity index (χ4n) is 2.45. The van der Waals surface area contributed by atoms with Gasteiger partial charge in [-0.25, -0.2) is 4.39 Å². The first-order valence-corrected chi connectivity index (χ1v) is 7.62. The van der Waals surface area contributed by atoms with Crippen LogP contribution in [0.3, 0.4) is 0 Å². The van der Waals surface area contributed by atoms with Gasteiger partial charge in [-0.3, -0.25) is 0 Å². The molecule has 2 aromatic carbocycles. The molecular weight excluding hydrogens is 293 g/mol. The van der Waals surface area contributed by atoms with E-state index in [-0.39, 0.29) is 5.82 Å². The van der Waals surface area contributed by atoms with E-state index in [4.69, 9.17) is 4.42 Å². The van der Waals surface area contributed by atoms with Crippen molar-refractivity contribution in [3.8, 4) is 11.3 Å². The van der Waals surface area contributed by atoms with Crippen molar-refractivity contribution in [3.05, 3.63) is 83.9 Å². The summed E-state index contributed by atoms with van der Waals surface area (Å²) in [7, 11) is 0. The Kier molecular flexibility index (Phi) is 4.86. The topological polar surface area (TPSA) is 50.0 Å². The van der Waals surface area contributed by atoms with E-state index in [0.717, 1.165) is 22.6 Å². The van der Waals surface area contributed by atoms with Gasteiger partial charge < -0.3 is 14.8 Å². The van der Waals surface area contributed by atoms with Crippen molar-refractivity contribution in [1.29, 1.82) is 0 Å². The summed E-state index contributed by atoms with van der Waals surface area (Å²) in [4.78, 5) is 0. The van der Waals surface area contributed by atoms with Gasteiger partial charge in [-0.1, -0.05) is 30.3 Å². The van der Waals surface area contributed by atoms with Crippen molar-refractivity contribution >= 4 is 0 Å². The minimum Gasteiger partial charge on any atom is -0.455 e. The molecule has 3 aromatic rings. The molecule has 1 heterocycles. The maximum Gasteiger partial charge on any atom is 0.158 e. The van der Waals surface area contributed by atoms with E-state index >= 15 is 0 Å². The highest BCUT2D eigenvalue weighted by Gasteiger charge is 2.10. The molecule has 0 saturated heterocycles. The van der Waals surface area contributed by atoms with Crippen molar-refractivity contribution in [3.63, 3.8) is 0 Å². The molecular formula is C19H19FNO2+. The van der Waals surface area contributed by atoms with Crippen LogP contribution >= 0.6 is 0 Å². The van der Waals surface area contributed by atoms with Gasteiger partial charge in [0.15, 0.2) is 5.76 Å². The summed E-state index contributed by atoms with van der Waals surface area (Å²) in [5, 5.41) is 12.1. The molecule has 0 fully saturated rings. The molecule has 4 heteroatoms. The zero-order chi connectivity index (χ0) is 16.1. The first-order chi connectivity index (χ1) is 11.2. The van der Waals surface area contributed by atoms with Crippen LogP contribution in [0.2, 0.25) is 0 Å². The number of aliphatic hydroxyl groups is 1. The van der Waals surface area contributed by atoms with Crippen molar-refractivity contribution in [2.45, 2.75) is 12.6 Å². The maximum atomic E-state index is 12.9. The number of rotatable bonds is 6. The van der Waals surface area contributed by atoms with Gasteiger partial charge in [0, 0.05) is 5.56 Å². The number of hydrogen-bond acceptors (Lipinski definition) is 2. The molecule has 0 amide bonds. The summed E-state index contributed by atoms with van der Waals surface area (Å²) in [5.41, 5.74) is 1.76. The zero-order valence-corrected chi connectivity index (χ0v) is 12.7. The smallest absolute Gasteiger partial charge is 0.158 e. The lowest BCUT2D eigenvalue weighted by Gasteiger charge is -2.08. The normalized spacial score (nSPS) is 12.3. The lowest BCUT2D eigenvalue weighted by molar-refractivity contribution is -0.679. The van der Waals surface area contributed by atoms with Crippen molar-refractivity contribution in [1.82, 2.24) is 0 Å². The third-order valence-corrected chi connectivity index (χ3v) is 3.71. The Morgan fingerprint density at radius 2 is 1.70 bits per heavy atom. The number of aliphatic hydroxyl groups excluding tert-OH is 1. The number of nitrogens with two attached hydrogens (primary N) is 1. The number of furan rings is 1. The van der Waals surface area contributed by atoms with E-state index in [1.807, 2.05) is 47.8 Å². The Morgan fingerprint density at radius 1 is 0.957 bits per heavy atom. The Hall–Kier alpha value is -2.43. The minimum absolute atomic E-state index is 0.260. The van der Waals surface area contributed by atoms with Crippen LogP contribution in [-0.2, 0) is 6.54 Å². The highest BCUT2D eigenvalue weighted by molar-refractivity contribution is 5.57. The van der Waals surface area contributed by atoms with Gasteiger partial charge in [-0.15, -0.1) is 0 Å². The zero-order valence-electron chi connectivity index (χ0n) is 12.7. The van der Waals surface area contributed by atoms with Crippen molar-refractivity contribution in [2.24, 2.45) is 0 Å². The number of halogens is 1. The molecule has 23 heavy (non-hydrogen) atoms. The Balaban J connectivity index is 1.54. The number of quaternary nitrogens is 1. The second-order valence-electron chi connectivity index (χ2n) is 5.43. The standard InChI is InChI=1S/C19H18FNO2/c20-16-8-6-15(7-9-16)19-11-10-17(23-19)12-21-13-18(22)14-4-2-1-3-5-14/h1-11,18,21-22H,12-13H2/p+1/t18-/m0/s1. The SMILES string of the molecule is O[C@@H](C[NH2+]Cc1ccc(-c2ccc(F)cc2)o1)c1ccccc1. The van der Waals surface area contributed by atoms with Gasteiger partial charge in [0.25, 0.3) is 0 Å². The van der Waals surface area contributed by atoms with E-state index in [2.05, 4.69) is 0 Å². The molecule has 0 aliphatic carbocycles. The summed E-state index contributed by atoms with van der Waals surface area (Å²) in [6.45, 7) is 1.21. The Morgan fingerprint density at radius 3 is 2.43 bits per heavy atom. The summed E-state index contributed by atoms with van der Waals surface area (Å²) in [5.74, 6) is 1.28. The second-order valence-corrected chi connectivity index (χ2v) is 5.43. The fourth-order valence-corrected chi connectivity index (χ4v) is 2.45. The van der Waals surface area contributed by atoms with Crippen LogP contribution in [0.4, 0.5) is 4.39 Å². The molecule has 3 N–H and O–H groups in total. The monoisotopic (exact) mass is 312 g/mol. The highest BCUT2D eigenvalue weighted by Crippen LogP contribution is 2.22. The minimum atomic E-state index is -0.497. The summed E-state index contributed by atoms with van der Waals surface area (Å²) >= 11 is 0. The van der Waals surface area contributed by atoms with Crippen molar-refractivity contribution in [2.75, 3.05) is 6.54 Å². The average molecular weight is 312 g/mol. The highest BCUT2D eigenvalue weighted by atomic mass is 19.1. The molecule has 118 valence electrons. The lowest BCUT2D eigenvalue weighted by Crippen LogP contribution is -2.83. The van der Waals surface area contributed by atoms with Crippen LogP contribution in [0, 0.1) is 5.82 Å². The largest absolute Gasteiger partial charge is 0.455 e. The molecule has 0 spiro atoms. The Bertz CT molecular complexity index is 738. The van der Waals surface area contributed by atoms with Gasteiger partial charge in [0.2, 0.25) is 0 Å². The van der Waals surface area contributed by atoms with Crippen molar-refractivity contribution < 1.29 is 19.2 Å². The maximum absolute atomic E-state index is 12.9. The first-order valence-electron chi connectivity index (χ1n) is 7.62. The van der Waals surface area contributed by atoms with Gasteiger partial charge >= 0.3 is 0 Å². The van der Waals surface area contributed by atoms with Gasteiger partial charge in [0.1, 0.15) is 30.8 Å². The molecule has 0 bridgehead atoms. The fraction of sp³-hybridized carbons (Fsp3) is 0.158. The van der Waals surface area contributed by atoms with E-state index < -0.39 is 6.10 Å². The predicted octanol–water partition coefficient (Wildman–Crippen LogP) is 2.88. The van der Waals surface area contributed by atoms with E-state index in [1.165, 1.54) is 12.1 Å². The van der Waals surface area contributed by atoms with Crippen LogP contribution < -0.4 is 5.32 Å². The summed E-state index contributed by atoms with van der Waals surface area (Å²) in [6.07, 6.45) is -0.497. The van der Waals surface area contributed by atoms with Gasteiger partial charge in [-0.2, -0.15) is 0 Å². The molecule has 1 aromatic heterocycles. The van der Waals surface area contributed by atoms with Crippen LogP contribution in [0.1, 0.15) is 17.4 Å². The predicted molar refractivity (Wildman–Crippen MR) is 86.0 cm³/mol. The third kappa shape index (κ3) is 4.06. The van der Waals surface area contributed by atoms with Crippen LogP contribution in [-0.4, -0.2) is 11.7 Å². The first kappa shape index (κ1) is 15.5. The molecule has 0 unspecified atom stereocenters. The van der Waals surface area contributed by atoms with Gasteiger partial charge in [-0.05, 0) is 42.0 Å². The summed E-state index contributed by atoms with van der Waals surface area (Å²) in [6, 6.07) is 19.6.